The fraction of sp³-hybridized carbons (Fsp3) is 0.333. The van der Waals surface area contributed by atoms with Crippen LogP contribution in [0.4, 0.5) is 8.78 Å². The van der Waals surface area contributed by atoms with E-state index in [0.29, 0.717) is 18.8 Å². The Morgan fingerprint density at radius 2 is 2.11 bits per heavy atom. The molecule has 1 saturated heterocycles. The second-order valence-corrected chi connectivity index (χ2v) is 6.98. The van der Waals surface area contributed by atoms with Crippen LogP contribution in [0.1, 0.15) is 35.8 Å². The number of benzene rings is 1. The van der Waals surface area contributed by atoms with Crippen molar-refractivity contribution in [2.45, 2.75) is 31.8 Å². The molecular weight excluding hydrogens is 362 g/mol. The van der Waals surface area contributed by atoms with Gasteiger partial charge in [0.05, 0.1) is 18.3 Å². The van der Waals surface area contributed by atoms with Gasteiger partial charge in [0.1, 0.15) is 5.75 Å². The fourth-order valence-electron chi connectivity index (χ4n) is 3.60. The molecule has 2 aromatic heterocycles. The third kappa shape index (κ3) is 4.36. The Balaban J connectivity index is 1.33. The predicted molar refractivity (Wildman–Crippen MR) is 101 cm³/mol. The fourth-order valence-corrected chi connectivity index (χ4v) is 3.60. The van der Waals surface area contributed by atoms with E-state index in [1.165, 1.54) is 11.6 Å². The zero-order chi connectivity index (χ0) is 19.3. The molecule has 146 valence electrons. The molecular formula is C21H22F2N4O. The molecule has 0 aliphatic carbocycles. The van der Waals surface area contributed by atoms with Crippen LogP contribution in [0.25, 0.3) is 0 Å². The van der Waals surface area contributed by atoms with E-state index in [9.17, 15) is 8.78 Å². The molecule has 1 N–H and O–H groups in total. The predicted octanol–water partition coefficient (Wildman–Crippen LogP) is 4.04. The Hall–Kier alpha value is -2.80. The van der Waals surface area contributed by atoms with Gasteiger partial charge in [0, 0.05) is 37.1 Å². The van der Waals surface area contributed by atoms with Crippen molar-refractivity contribution in [3.8, 4) is 5.75 Å². The number of aromatic nitrogens is 3. The van der Waals surface area contributed by atoms with Crippen LogP contribution >= 0.6 is 0 Å². The molecule has 1 aromatic carbocycles. The summed E-state index contributed by atoms with van der Waals surface area (Å²) in [6, 6.07) is 9.95. The van der Waals surface area contributed by atoms with Crippen molar-refractivity contribution < 1.29 is 13.5 Å². The number of nitrogens with zero attached hydrogens (tertiary/aromatic N) is 3. The standard InChI is InChI=1S/C21H22F2N4O/c22-18-6-5-17(12-19(18)23)28-10-7-16-11-20(26-25-16)21-4-2-9-27(21)14-15-3-1-8-24-13-15/h1,3,5-6,8,11-13,21H,2,4,7,9-10,14H2,(H,25,26)/t21-/m0/s1. The van der Waals surface area contributed by atoms with Crippen LogP contribution in [0.3, 0.4) is 0 Å². The monoisotopic (exact) mass is 384 g/mol. The molecule has 5 nitrogen and oxygen atoms in total. The van der Waals surface area contributed by atoms with Crippen LogP contribution in [-0.4, -0.2) is 33.2 Å². The maximum Gasteiger partial charge on any atom is 0.162 e. The summed E-state index contributed by atoms with van der Waals surface area (Å²) in [6.07, 6.45) is 6.53. The smallest absolute Gasteiger partial charge is 0.162 e. The lowest BCUT2D eigenvalue weighted by Crippen LogP contribution is -2.23. The van der Waals surface area contributed by atoms with Gasteiger partial charge in [-0.1, -0.05) is 6.07 Å². The average molecular weight is 384 g/mol. The van der Waals surface area contributed by atoms with Crippen molar-refractivity contribution in [1.29, 1.82) is 0 Å². The SMILES string of the molecule is Fc1ccc(OCCc2cc([C@@H]3CCCN3Cc3cccnc3)n[nH]2)cc1F. The first-order chi connectivity index (χ1) is 13.7. The van der Waals surface area contributed by atoms with Gasteiger partial charge in [-0.25, -0.2) is 8.78 Å². The lowest BCUT2D eigenvalue weighted by Gasteiger charge is -2.22. The molecule has 1 aliphatic heterocycles. The van der Waals surface area contributed by atoms with Crippen LogP contribution < -0.4 is 4.74 Å². The summed E-state index contributed by atoms with van der Waals surface area (Å²) in [5.41, 5.74) is 3.19. The second-order valence-electron chi connectivity index (χ2n) is 6.98. The molecule has 7 heteroatoms. The van der Waals surface area contributed by atoms with Crippen molar-refractivity contribution in [2.24, 2.45) is 0 Å². The summed E-state index contributed by atoms with van der Waals surface area (Å²) in [7, 11) is 0. The van der Waals surface area contributed by atoms with Crippen LogP contribution in [0.15, 0.2) is 48.8 Å². The number of hydrogen-bond acceptors (Lipinski definition) is 4. The van der Waals surface area contributed by atoms with Crippen molar-refractivity contribution in [1.82, 2.24) is 20.1 Å². The number of aromatic amines is 1. The van der Waals surface area contributed by atoms with Crippen molar-refractivity contribution in [3.63, 3.8) is 0 Å². The molecule has 0 bridgehead atoms. The molecule has 0 unspecified atom stereocenters. The van der Waals surface area contributed by atoms with Gasteiger partial charge in [0.25, 0.3) is 0 Å². The quantitative estimate of drug-likeness (QED) is 0.668. The van der Waals surface area contributed by atoms with Gasteiger partial charge >= 0.3 is 0 Å². The van der Waals surface area contributed by atoms with Crippen molar-refractivity contribution in [3.05, 3.63) is 77.4 Å². The Labute approximate surface area is 162 Å². The number of pyridine rings is 1. The molecule has 1 atom stereocenters. The van der Waals surface area contributed by atoms with E-state index >= 15 is 0 Å². The lowest BCUT2D eigenvalue weighted by atomic mass is 10.1. The molecule has 3 heterocycles. The van der Waals surface area contributed by atoms with Gasteiger partial charge in [-0.15, -0.1) is 0 Å². The van der Waals surface area contributed by atoms with Crippen LogP contribution in [0.5, 0.6) is 5.75 Å². The first-order valence-corrected chi connectivity index (χ1v) is 9.44. The summed E-state index contributed by atoms with van der Waals surface area (Å²) >= 11 is 0. The molecule has 3 aromatic rings. The highest BCUT2D eigenvalue weighted by Gasteiger charge is 2.28. The van der Waals surface area contributed by atoms with E-state index in [2.05, 4.69) is 32.2 Å². The van der Waals surface area contributed by atoms with Crippen molar-refractivity contribution in [2.75, 3.05) is 13.2 Å². The average Bonchev–Trinajstić information content (AvgIpc) is 3.35. The van der Waals surface area contributed by atoms with E-state index in [1.807, 2.05) is 12.3 Å². The van der Waals surface area contributed by atoms with Gasteiger partial charge in [0.15, 0.2) is 11.6 Å². The number of nitrogens with one attached hydrogen (secondary N) is 1. The van der Waals surface area contributed by atoms with E-state index in [0.717, 1.165) is 49.5 Å². The first kappa shape index (κ1) is 18.6. The van der Waals surface area contributed by atoms with Crippen LogP contribution in [0.2, 0.25) is 0 Å². The largest absolute Gasteiger partial charge is 0.493 e. The maximum atomic E-state index is 13.2. The molecule has 0 amide bonds. The maximum absolute atomic E-state index is 13.2. The van der Waals surface area contributed by atoms with E-state index in [1.54, 1.807) is 6.20 Å². The minimum absolute atomic E-state index is 0.289. The molecule has 0 saturated carbocycles. The van der Waals surface area contributed by atoms with E-state index in [4.69, 9.17) is 4.74 Å². The Kier molecular flexibility index (Phi) is 5.62. The normalized spacial score (nSPS) is 17.1. The van der Waals surface area contributed by atoms with Gasteiger partial charge in [-0.05, 0) is 49.2 Å². The zero-order valence-electron chi connectivity index (χ0n) is 15.4. The van der Waals surface area contributed by atoms with E-state index < -0.39 is 11.6 Å². The summed E-state index contributed by atoms with van der Waals surface area (Å²) in [5.74, 6) is -1.47. The highest BCUT2D eigenvalue weighted by atomic mass is 19.2. The summed E-state index contributed by atoms with van der Waals surface area (Å²) < 4.78 is 31.7. The van der Waals surface area contributed by atoms with Crippen LogP contribution in [-0.2, 0) is 13.0 Å². The molecule has 0 spiro atoms. The summed E-state index contributed by atoms with van der Waals surface area (Å²) in [5, 5.41) is 7.56. The summed E-state index contributed by atoms with van der Waals surface area (Å²) in [6.45, 7) is 2.26. The number of rotatable bonds is 7. The molecule has 0 radical (unpaired) electrons. The third-order valence-electron chi connectivity index (χ3n) is 5.00. The number of H-pyrrole nitrogens is 1. The third-order valence-corrected chi connectivity index (χ3v) is 5.00. The molecule has 1 aliphatic rings. The molecule has 4 rings (SSSR count). The number of ether oxygens (including phenoxy) is 1. The van der Waals surface area contributed by atoms with Gasteiger partial charge in [0.2, 0.25) is 0 Å². The highest BCUT2D eigenvalue weighted by molar-refractivity contribution is 5.24. The Bertz CT molecular complexity index is 916. The summed E-state index contributed by atoms with van der Waals surface area (Å²) in [4.78, 5) is 6.62. The zero-order valence-corrected chi connectivity index (χ0v) is 15.4. The topological polar surface area (TPSA) is 54.0 Å². The van der Waals surface area contributed by atoms with Gasteiger partial charge in [-0.3, -0.25) is 15.0 Å². The number of likely N-dealkylation sites (tertiary alicyclic amines) is 1. The van der Waals surface area contributed by atoms with Gasteiger partial charge < -0.3 is 4.74 Å². The number of hydrogen-bond donors (Lipinski definition) is 1. The van der Waals surface area contributed by atoms with E-state index in [-0.39, 0.29) is 6.04 Å². The number of halogens is 2. The van der Waals surface area contributed by atoms with Crippen LogP contribution in [0, 0.1) is 11.6 Å². The minimum atomic E-state index is -0.906. The second kappa shape index (κ2) is 8.48. The molecule has 1 fully saturated rings. The Morgan fingerprint density at radius 3 is 2.93 bits per heavy atom. The molecule has 28 heavy (non-hydrogen) atoms. The lowest BCUT2D eigenvalue weighted by molar-refractivity contribution is 0.244. The highest BCUT2D eigenvalue weighted by Crippen LogP contribution is 2.32. The Morgan fingerprint density at radius 1 is 1.18 bits per heavy atom. The minimum Gasteiger partial charge on any atom is -0.493 e. The van der Waals surface area contributed by atoms with Crippen molar-refractivity contribution >= 4 is 0 Å². The van der Waals surface area contributed by atoms with Gasteiger partial charge in [-0.2, -0.15) is 5.10 Å². The first-order valence-electron chi connectivity index (χ1n) is 9.44.